The summed E-state index contributed by atoms with van der Waals surface area (Å²) in [5, 5.41) is 0. The van der Waals surface area contributed by atoms with Crippen molar-refractivity contribution < 1.29 is 4.79 Å². The van der Waals surface area contributed by atoms with Crippen molar-refractivity contribution in [1.82, 2.24) is 4.90 Å². The maximum atomic E-state index is 12.2. The second-order valence-electron chi connectivity index (χ2n) is 3.22. The van der Waals surface area contributed by atoms with Gasteiger partial charge in [0.1, 0.15) is 0 Å². The minimum atomic E-state index is 0.00500. The summed E-state index contributed by atoms with van der Waals surface area (Å²) in [5.41, 5.74) is 0.729. The Morgan fingerprint density at radius 1 is 1.50 bits per heavy atom. The van der Waals surface area contributed by atoms with Gasteiger partial charge < -0.3 is 4.90 Å². The van der Waals surface area contributed by atoms with Gasteiger partial charge in [0.15, 0.2) is 0 Å². The summed E-state index contributed by atoms with van der Waals surface area (Å²) in [6, 6.07) is 7.59. The van der Waals surface area contributed by atoms with Gasteiger partial charge in [-0.2, -0.15) is 0 Å². The summed E-state index contributed by atoms with van der Waals surface area (Å²) in [6.07, 6.45) is 7.20. The monoisotopic (exact) mass is 233 g/mol. The normalized spacial score (nSPS) is 9.56. The van der Waals surface area contributed by atoms with Crippen molar-refractivity contribution in [2.45, 2.75) is 11.8 Å². The third-order valence-corrected chi connectivity index (χ3v) is 3.08. The minimum absolute atomic E-state index is 0.00500. The van der Waals surface area contributed by atoms with Crippen LogP contribution in [0.15, 0.2) is 29.2 Å². The van der Waals surface area contributed by atoms with E-state index in [0.29, 0.717) is 13.1 Å². The Morgan fingerprint density at radius 3 is 2.75 bits per heavy atom. The standard InChI is InChI=1S/C13H15NOS/c1-4-10-14(5-2)13(15)11-8-6-7-9-12(11)16-3/h1,6-9H,5,10H2,2-3H3. The number of thioether (sulfide) groups is 1. The van der Waals surface area contributed by atoms with Crippen molar-refractivity contribution in [2.75, 3.05) is 19.3 Å². The topological polar surface area (TPSA) is 20.3 Å². The molecular formula is C13H15NOS. The van der Waals surface area contributed by atoms with E-state index in [1.54, 1.807) is 16.7 Å². The first kappa shape index (κ1) is 12.7. The summed E-state index contributed by atoms with van der Waals surface area (Å²) in [4.78, 5) is 14.8. The third-order valence-electron chi connectivity index (χ3n) is 2.29. The van der Waals surface area contributed by atoms with Crippen LogP contribution in [-0.2, 0) is 0 Å². The lowest BCUT2D eigenvalue weighted by Gasteiger charge is -2.19. The summed E-state index contributed by atoms with van der Waals surface area (Å²) in [5.74, 6) is 2.51. The van der Waals surface area contributed by atoms with Gasteiger partial charge in [-0.25, -0.2) is 0 Å². The Kier molecular flexibility index (Phi) is 4.94. The molecule has 0 heterocycles. The van der Waals surface area contributed by atoms with Crippen LogP contribution in [0.3, 0.4) is 0 Å². The molecule has 0 unspecified atom stereocenters. The van der Waals surface area contributed by atoms with Crippen LogP contribution in [0.25, 0.3) is 0 Å². The van der Waals surface area contributed by atoms with Crippen molar-refractivity contribution in [3.63, 3.8) is 0 Å². The molecule has 0 bridgehead atoms. The van der Waals surface area contributed by atoms with Gasteiger partial charge in [-0.3, -0.25) is 4.79 Å². The first-order chi connectivity index (χ1) is 7.74. The van der Waals surface area contributed by atoms with Crippen molar-refractivity contribution in [3.05, 3.63) is 29.8 Å². The molecule has 0 N–H and O–H groups in total. The molecule has 0 saturated carbocycles. The van der Waals surface area contributed by atoms with Crippen LogP contribution in [0.4, 0.5) is 0 Å². The third kappa shape index (κ3) is 2.80. The second kappa shape index (κ2) is 6.24. The lowest BCUT2D eigenvalue weighted by molar-refractivity contribution is 0.0781. The number of carbonyl (C=O) groups is 1. The van der Waals surface area contributed by atoms with Gasteiger partial charge in [-0.05, 0) is 25.3 Å². The van der Waals surface area contributed by atoms with Gasteiger partial charge in [0.25, 0.3) is 5.91 Å². The van der Waals surface area contributed by atoms with Gasteiger partial charge in [-0.1, -0.05) is 18.1 Å². The molecular weight excluding hydrogens is 218 g/mol. The summed E-state index contributed by atoms with van der Waals surface area (Å²) in [6.45, 7) is 2.92. The fourth-order valence-electron chi connectivity index (χ4n) is 1.43. The Bertz CT molecular complexity index is 409. The fraction of sp³-hybridized carbons (Fsp3) is 0.308. The summed E-state index contributed by atoms with van der Waals surface area (Å²) < 4.78 is 0. The lowest BCUT2D eigenvalue weighted by atomic mass is 10.2. The smallest absolute Gasteiger partial charge is 0.255 e. The van der Waals surface area contributed by atoms with Crippen LogP contribution in [0.2, 0.25) is 0 Å². The van der Waals surface area contributed by atoms with E-state index in [9.17, 15) is 4.79 Å². The van der Waals surface area contributed by atoms with Crippen molar-refractivity contribution in [2.24, 2.45) is 0 Å². The number of amides is 1. The van der Waals surface area contributed by atoms with Gasteiger partial charge in [0.2, 0.25) is 0 Å². The molecule has 16 heavy (non-hydrogen) atoms. The van der Waals surface area contributed by atoms with Gasteiger partial charge in [0.05, 0.1) is 12.1 Å². The van der Waals surface area contributed by atoms with E-state index in [2.05, 4.69) is 5.92 Å². The quantitative estimate of drug-likeness (QED) is 0.588. The zero-order valence-electron chi connectivity index (χ0n) is 9.56. The Balaban J connectivity index is 2.99. The van der Waals surface area contributed by atoms with Crippen molar-refractivity contribution in [3.8, 4) is 12.3 Å². The Morgan fingerprint density at radius 2 is 2.19 bits per heavy atom. The predicted octanol–water partition coefficient (Wildman–Crippen LogP) is 2.50. The van der Waals surface area contributed by atoms with E-state index in [-0.39, 0.29) is 5.91 Å². The molecule has 0 fully saturated rings. The van der Waals surface area contributed by atoms with Crippen LogP contribution < -0.4 is 0 Å². The molecule has 0 aromatic heterocycles. The highest BCUT2D eigenvalue weighted by Crippen LogP contribution is 2.21. The van der Waals surface area contributed by atoms with E-state index in [0.717, 1.165) is 10.5 Å². The van der Waals surface area contributed by atoms with E-state index in [1.807, 2.05) is 37.4 Å². The molecule has 1 aromatic carbocycles. The summed E-state index contributed by atoms with van der Waals surface area (Å²) >= 11 is 1.57. The number of terminal acetylenes is 1. The Labute approximate surface area is 101 Å². The van der Waals surface area contributed by atoms with E-state index >= 15 is 0 Å². The first-order valence-corrected chi connectivity index (χ1v) is 6.32. The number of nitrogens with zero attached hydrogens (tertiary/aromatic N) is 1. The molecule has 0 aliphatic rings. The molecule has 1 rings (SSSR count). The minimum Gasteiger partial charge on any atom is -0.328 e. The number of benzene rings is 1. The molecule has 1 amide bonds. The zero-order valence-corrected chi connectivity index (χ0v) is 10.4. The fourth-order valence-corrected chi connectivity index (χ4v) is 2.02. The largest absolute Gasteiger partial charge is 0.328 e. The van der Waals surface area contributed by atoms with Crippen LogP contribution in [0.1, 0.15) is 17.3 Å². The van der Waals surface area contributed by atoms with Crippen molar-refractivity contribution >= 4 is 17.7 Å². The average molecular weight is 233 g/mol. The maximum Gasteiger partial charge on any atom is 0.255 e. The maximum absolute atomic E-state index is 12.2. The molecule has 0 atom stereocenters. The number of rotatable bonds is 4. The van der Waals surface area contributed by atoms with Gasteiger partial charge in [-0.15, -0.1) is 18.2 Å². The molecule has 0 aliphatic heterocycles. The predicted molar refractivity (Wildman–Crippen MR) is 68.6 cm³/mol. The SMILES string of the molecule is C#CCN(CC)C(=O)c1ccccc1SC. The van der Waals surface area contributed by atoms with Gasteiger partial charge in [0, 0.05) is 11.4 Å². The van der Waals surface area contributed by atoms with E-state index in [1.165, 1.54) is 0 Å². The molecule has 3 heteroatoms. The molecule has 1 aromatic rings. The van der Waals surface area contributed by atoms with Crippen LogP contribution in [-0.4, -0.2) is 30.2 Å². The van der Waals surface area contributed by atoms with Crippen LogP contribution >= 0.6 is 11.8 Å². The average Bonchev–Trinajstić information content (AvgIpc) is 2.35. The highest BCUT2D eigenvalue weighted by molar-refractivity contribution is 7.98. The first-order valence-electron chi connectivity index (χ1n) is 5.10. The molecule has 2 nitrogen and oxygen atoms in total. The van der Waals surface area contributed by atoms with Crippen LogP contribution in [0, 0.1) is 12.3 Å². The summed E-state index contributed by atoms with van der Waals surface area (Å²) in [7, 11) is 0. The van der Waals surface area contributed by atoms with Gasteiger partial charge >= 0.3 is 0 Å². The number of hydrogen-bond acceptors (Lipinski definition) is 2. The molecule has 0 saturated heterocycles. The molecule has 84 valence electrons. The highest BCUT2D eigenvalue weighted by Gasteiger charge is 2.15. The molecule has 0 spiro atoms. The zero-order chi connectivity index (χ0) is 12.0. The van der Waals surface area contributed by atoms with E-state index in [4.69, 9.17) is 6.42 Å². The lowest BCUT2D eigenvalue weighted by Crippen LogP contribution is -2.31. The number of hydrogen-bond donors (Lipinski definition) is 0. The second-order valence-corrected chi connectivity index (χ2v) is 4.07. The highest BCUT2D eigenvalue weighted by atomic mass is 32.2. The molecule has 0 aliphatic carbocycles. The van der Waals surface area contributed by atoms with Crippen molar-refractivity contribution in [1.29, 1.82) is 0 Å². The van der Waals surface area contributed by atoms with E-state index < -0.39 is 0 Å². The molecule has 0 radical (unpaired) electrons. The number of carbonyl (C=O) groups excluding carboxylic acids is 1. The Hall–Kier alpha value is -1.40. The van der Waals surface area contributed by atoms with Crippen LogP contribution in [0.5, 0.6) is 0 Å².